The third kappa shape index (κ3) is 4.90. The minimum absolute atomic E-state index is 0.00188. The number of halogens is 2. The van der Waals surface area contributed by atoms with Crippen LogP contribution in [0.25, 0.3) is 0 Å². The van der Waals surface area contributed by atoms with Gasteiger partial charge >= 0.3 is 5.97 Å². The second-order valence-electron chi connectivity index (χ2n) is 8.56. The van der Waals surface area contributed by atoms with E-state index in [0.717, 1.165) is 4.90 Å². The molecule has 0 unspecified atom stereocenters. The molecule has 4 aromatic carbocycles. The summed E-state index contributed by atoms with van der Waals surface area (Å²) < 4.78 is 11.1. The molecule has 1 heterocycles. The number of rotatable bonds is 7. The van der Waals surface area contributed by atoms with E-state index in [9.17, 15) is 19.2 Å². The van der Waals surface area contributed by atoms with Crippen LogP contribution in [-0.4, -0.2) is 30.7 Å². The second kappa shape index (κ2) is 10.7. The highest BCUT2D eigenvalue weighted by Gasteiger charge is 2.38. The maximum atomic E-state index is 13.4. The summed E-state index contributed by atoms with van der Waals surface area (Å²) in [5, 5.41) is 0.392. The van der Waals surface area contributed by atoms with E-state index in [4.69, 9.17) is 32.7 Å². The molecule has 1 aliphatic rings. The van der Waals surface area contributed by atoms with Crippen LogP contribution in [-0.2, 0) is 4.74 Å². The Balaban J connectivity index is 1.50. The van der Waals surface area contributed by atoms with Gasteiger partial charge in [0.2, 0.25) is 5.78 Å². The lowest BCUT2D eigenvalue weighted by Gasteiger charge is -2.20. The fourth-order valence-corrected chi connectivity index (χ4v) is 4.66. The highest BCUT2D eigenvalue weighted by Crippen LogP contribution is 2.38. The van der Waals surface area contributed by atoms with Crippen molar-refractivity contribution in [1.82, 2.24) is 0 Å². The SMILES string of the molecule is COc1cc(N2C(=O)c3ccccc3C2=O)c(Cl)cc1C(=O)O[C@H](C(=O)c1ccccc1)c1ccc(Cl)cc1. The van der Waals surface area contributed by atoms with Gasteiger partial charge in [0.25, 0.3) is 11.8 Å². The van der Waals surface area contributed by atoms with E-state index < -0.39 is 29.7 Å². The number of methoxy groups -OCH3 is 1. The van der Waals surface area contributed by atoms with Gasteiger partial charge in [-0.25, -0.2) is 9.69 Å². The highest BCUT2D eigenvalue weighted by molar-refractivity contribution is 6.40. The molecule has 0 saturated heterocycles. The first kappa shape index (κ1) is 26.2. The summed E-state index contributed by atoms with van der Waals surface area (Å²) in [5.74, 6) is -2.44. The number of hydrogen-bond donors (Lipinski definition) is 0. The van der Waals surface area contributed by atoms with E-state index >= 15 is 0 Å². The van der Waals surface area contributed by atoms with Gasteiger partial charge in [0.05, 0.1) is 28.9 Å². The van der Waals surface area contributed by atoms with Gasteiger partial charge in [0.15, 0.2) is 6.10 Å². The largest absolute Gasteiger partial charge is 0.496 e. The number of imide groups is 1. The first-order chi connectivity index (χ1) is 18.8. The van der Waals surface area contributed by atoms with Gasteiger partial charge in [-0.2, -0.15) is 0 Å². The van der Waals surface area contributed by atoms with Crippen molar-refractivity contribution < 1.29 is 28.7 Å². The Bertz CT molecular complexity index is 1580. The van der Waals surface area contributed by atoms with Crippen molar-refractivity contribution in [3.63, 3.8) is 0 Å². The monoisotopic (exact) mass is 559 g/mol. The molecule has 0 saturated carbocycles. The number of ether oxygens (including phenoxy) is 2. The number of ketones is 1. The fraction of sp³-hybridized carbons (Fsp3) is 0.0667. The lowest BCUT2D eigenvalue weighted by atomic mass is 9.99. The smallest absolute Gasteiger partial charge is 0.343 e. The summed E-state index contributed by atoms with van der Waals surface area (Å²) in [6, 6.07) is 23.7. The quantitative estimate of drug-likeness (QED) is 0.144. The number of benzene rings is 4. The standard InChI is InChI=1S/C30H19Cl2NO6/c1-38-25-16-24(33-28(35)20-9-5-6-10-21(20)29(33)36)23(32)15-22(25)30(37)39-27(18-11-13-19(31)14-12-18)26(34)17-7-3-2-4-8-17/h2-16,27H,1H3/t27-/m0/s1. The minimum Gasteiger partial charge on any atom is -0.496 e. The lowest BCUT2D eigenvalue weighted by Crippen LogP contribution is -2.30. The van der Waals surface area contributed by atoms with Crippen molar-refractivity contribution in [2.75, 3.05) is 12.0 Å². The molecule has 194 valence electrons. The van der Waals surface area contributed by atoms with Gasteiger partial charge in [-0.15, -0.1) is 0 Å². The molecule has 0 N–H and O–H groups in total. The maximum Gasteiger partial charge on any atom is 0.343 e. The van der Waals surface area contributed by atoms with Crippen LogP contribution < -0.4 is 9.64 Å². The van der Waals surface area contributed by atoms with Crippen LogP contribution in [0.15, 0.2) is 91.0 Å². The molecule has 39 heavy (non-hydrogen) atoms. The van der Waals surface area contributed by atoms with E-state index in [1.165, 1.54) is 19.2 Å². The summed E-state index contributed by atoms with van der Waals surface area (Å²) in [6.45, 7) is 0. The minimum atomic E-state index is -1.29. The second-order valence-corrected chi connectivity index (χ2v) is 9.41. The Labute approximate surface area is 233 Å². The number of Topliss-reactive ketones (excluding diaryl/α,β-unsaturated/α-hetero) is 1. The number of amides is 2. The molecular formula is C30H19Cl2NO6. The molecule has 0 aromatic heterocycles. The molecule has 5 rings (SSSR count). The van der Waals surface area contributed by atoms with Crippen LogP contribution in [0, 0.1) is 0 Å². The molecule has 7 nitrogen and oxygen atoms in total. The predicted octanol–water partition coefficient (Wildman–Crippen LogP) is 6.58. The van der Waals surface area contributed by atoms with Gasteiger partial charge in [-0.1, -0.05) is 77.8 Å². The Morgan fingerprint density at radius 1 is 0.795 bits per heavy atom. The number of fused-ring (bicyclic) bond motifs is 1. The van der Waals surface area contributed by atoms with E-state index in [2.05, 4.69) is 0 Å². The zero-order valence-electron chi connectivity index (χ0n) is 20.4. The van der Waals surface area contributed by atoms with Crippen molar-refractivity contribution >= 4 is 52.5 Å². The zero-order chi connectivity index (χ0) is 27.7. The normalized spacial score (nSPS) is 13.2. The highest BCUT2D eigenvalue weighted by atomic mass is 35.5. The van der Waals surface area contributed by atoms with Crippen LogP contribution in [0.1, 0.15) is 53.1 Å². The van der Waals surface area contributed by atoms with Crippen LogP contribution in [0.2, 0.25) is 10.0 Å². The Kier molecular flexibility index (Phi) is 7.19. The van der Waals surface area contributed by atoms with Crippen LogP contribution in [0.5, 0.6) is 5.75 Å². The van der Waals surface area contributed by atoms with Gasteiger partial charge in [0.1, 0.15) is 11.3 Å². The van der Waals surface area contributed by atoms with Gasteiger partial charge in [0, 0.05) is 22.2 Å². The van der Waals surface area contributed by atoms with Crippen LogP contribution in [0.3, 0.4) is 0 Å². The zero-order valence-corrected chi connectivity index (χ0v) is 21.9. The summed E-state index contributed by atoms with van der Waals surface area (Å²) in [5.41, 5.74) is 1.19. The summed E-state index contributed by atoms with van der Waals surface area (Å²) >= 11 is 12.5. The van der Waals surface area contributed by atoms with Gasteiger partial charge in [-0.3, -0.25) is 14.4 Å². The maximum absolute atomic E-state index is 13.4. The van der Waals surface area contributed by atoms with Crippen molar-refractivity contribution in [3.8, 4) is 5.75 Å². The molecule has 0 aliphatic carbocycles. The average Bonchev–Trinajstić information content (AvgIpc) is 3.21. The number of nitrogens with zero attached hydrogens (tertiary/aromatic N) is 1. The molecular weight excluding hydrogens is 541 g/mol. The van der Waals surface area contributed by atoms with Crippen LogP contribution >= 0.6 is 23.2 Å². The van der Waals surface area contributed by atoms with Crippen molar-refractivity contribution in [2.24, 2.45) is 0 Å². The number of hydrogen-bond acceptors (Lipinski definition) is 6. The third-order valence-electron chi connectivity index (χ3n) is 6.22. The molecule has 0 bridgehead atoms. The van der Waals surface area contributed by atoms with Gasteiger partial charge in [-0.05, 0) is 30.3 Å². The molecule has 0 fully saturated rings. The molecule has 4 aromatic rings. The third-order valence-corrected chi connectivity index (χ3v) is 6.77. The number of anilines is 1. The Morgan fingerprint density at radius 2 is 1.38 bits per heavy atom. The Morgan fingerprint density at radius 3 is 1.97 bits per heavy atom. The summed E-state index contributed by atoms with van der Waals surface area (Å²) in [4.78, 5) is 53.7. The first-order valence-electron chi connectivity index (χ1n) is 11.7. The van der Waals surface area contributed by atoms with E-state index in [0.29, 0.717) is 16.1 Å². The number of esters is 1. The number of carbonyl (C=O) groups is 4. The molecule has 0 radical (unpaired) electrons. The van der Waals surface area contributed by atoms with Crippen molar-refractivity contribution in [2.45, 2.75) is 6.10 Å². The van der Waals surface area contributed by atoms with Crippen molar-refractivity contribution in [1.29, 1.82) is 0 Å². The van der Waals surface area contributed by atoms with E-state index in [1.807, 2.05) is 0 Å². The lowest BCUT2D eigenvalue weighted by molar-refractivity contribution is 0.0277. The van der Waals surface area contributed by atoms with Crippen LogP contribution in [0.4, 0.5) is 5.69 Å². The average molecular weight is 560 g/mol. The summed E-state index contributed by atoms with van der Waals surface area (Å²) in [6.07, 6.45) is -1.29. The predicted molar refractivity (Wildman–Crippen MR) is 146 cm³/mol. The summed E-state index contributed by atoms with van der Waals surface area (Å²) in [7, 11) is 1.32. The topological polar surface area (TPSA) is 90.0 Å². The van der Waals surface area contributed by atoms with Gasteiger partial charge < -0.3 is 9.47 Å². The molecule has 9 heteroatoms. The van der Waals surface area contributed by atoms with E-state index in [1.54, 1.807) is 78.9 Å². The Hall–Kier alpha value is -4.46. The molecule has 1 atom stereocenters. The van der Waals surface area contributed by atoms with Crippen molar-refractivity contribution in [3.05, 3.63) is 129 Å². The molecule has 0 spiro atoms. The molecule has 2 amide bonds. The number of carbonyl (C=O) groups excluding carboxylic acids is 4. The first-order valence-corrected chi connectivity index (χ1v) is 12.5. The fourth-order valence-electron chi connectivity index (χ4n) is 4.29. The molecule has 1 aliphatic heterocycles. The van der Waals surface area contributed by atoms with E-state index in [-0.39, 0.29) is 33.1 Å².